The van der Waals surface area contributed by atoms with Crippen molar-refractivity contribution in [1.82, 2.24) is 5.32 Å². The maximum absolute atomic E-state index is 5.94. The Morgan fingerprint density at radius 2 is 2.12 bits per heavy atom. The first-order valence-electron chi connectivity index (χ1n) is 6.34. The molecule has 0 amide bonds. The van der Waals surface area contributed by atoms with Crippen LogP contribution < -0.4 is 5.32 Å². The van der Waals surface area contributed by atoms with Gasteiger partial charge in [0.25, 0.3) is 0 Å². The van der Waals surface area contributed by atoms with Crippen LogP contribution in [-0.4, -0.2) is 30.7 Å². The van der Waals surface area contributed by atoms with Gasteiger partial charge in [0, 0.05) is 25.1 Å². The highest BCUT2D eigenvalue weighted by atomic mass is 35.5. The summed E-state index contributed by atoms with van der Waals surface area (Å²) < 4.78 is 5.94. The molecule has 0 bridgehead atoms. The molecule has 1 heterocycles. The van der Waals surface area contributed by atoms with Crippen LogP contribution in [0.3, 0.4) is 0 Å². The summed E-state index contributed by atoms with van der Waals surface area (Å²) in [7, 11) is 0. The Balaban J connectivity index is 2.35. The monoisotopic (exact) mass is 245 g/mol. The van der Waals surface area contributed by atoms with E-state index in [9.17, 15) is 0 Å². The van der Waals surface area contributed by atoms with E-state index in [1.165, 1.54) is 0 Å². The van der Waals surface area contributed by atoms with Crippen LogP contribution >= 0.6 is 11.6 Å². The van der Waals surface area contributed by atoms with E-state index in [4.69, 9.17) is 16.3 Å². The van der Waals surface area contributed by atoms with Gasteiger partial charge in [-0.1, -0.05) is 26.0 Å². The molecule has 1 saturated heterocycles. The summed E-state index contributed by atoms with van der Waals surface area (Å²) in [5.41, 5.74) is 0.117. The van der Waals surface area contributed by atoms with Crippen LogP contribution in [0.1, 0.15) is 39.5 Å². The van der Waals surface area contributed by atoms with Crippen molar-refractivity contribution in [2.24, 2.45) is 0 Å². The number of nitrogens with one attached hydrogen (secondary N) is 1. The summed E-state index contributed by atoms with van der Waals surface area (Å²) in [6.45, 7) is 6.25. The molecule has 16 heavy (non-hydrogen) atoms. The topological polar surface area (TPSA) is 21.3 Å². The van der Waals surface area contributed by atoms with Gasteiger partial charge in [-0.25, -0.2) is 0 Å². The zero-order valence-electron chi connectivity index (χ0n) is 10.5. The summed E-state index contributed by atoms with van der Waals surface area (Å²) >= 11 is 5.58. The van der Waals surface area contributed by atoms with Gasteiger partial charge in [-0.05, 0) is 25.7 Å². The molecule has 0 aromatic rings. The van der Waals surface area contributed by atoms with Gasteiger partial charge < -0.3 is 10.1 Å². The van der Waals surface area contributed by atoms with Gasteiger partial charge in [0.15, 0.2) is 0 Å². The molecule has 1 atom stereocenters. The average molecular weight is 246 g/mol. The molecule has 0 radical (unpaired) electrons. The number of halogens is 1. The molecule has 0 aliphatic carbocycles. The largest absolute Gasteiger partial charge is 0.375 e. The van der Waals surface area contributed by atoms with Crippen molar-refractivity contribution >= 4 is 11.6 Å². The van der Waals surface area contributed by atoms with Crippen molar-refractivity contribution in [2.75, 3.05) is 19.0 Å². The number of alkyl halides is 1. The Morgan fingerprint density at radius 1 is 1.38 bits per heavy atom. The van der Waals surface area contributed by atoms with Crippen LogP contribution in [0.2, 0.25) is 0 Å². The second-order valence-corrected chi connectivity index (χ2v) is 4.77. The predicted molar refractivity (Wildman–Crippen MR) is 70.1 cm³/mol. The zero-order valence-corrected chi connectivity index (χ0v) is 11.2. The van der Waals surface area contributed by atoms with E-state index in [0.717, 1.165) is 38.8 Å². The molecular weight excluding hydrogens is 222 g/mol. The van der Waals surface area contributed by atoms with Gasteiger partial charge in [0.2, 0.25) is 0 Å². The highest BCUT2D eigenvalue weighted by Crippen LogP contribution is 2.31. The number of rotatable bonds is 6. The van der Waals surface area contributed by atoms with E-state index in [-0.39, 0.29) is 5.60 Å². The standard InChI is InChI=1S/C13H24ClNO/c1-3-13(4-2)11-12(7-10-16-13)15-9-6-5-8-14/h5-6,12,15H,3-4,7-11H2,1-2H3/b6-5+. The molecule has 2 nitrogen and oxygen atoms in total. The Labute approximate surface area is 104 Å². The number of ether oxygens (including phenoxy) is 1. The van der Waals surface area contributed by atoms with E-state index in [2.05, 4.69) is 25.2 Å². The van der Waals surface area contributed by atoms with Crippen molar-refractivity contribution in [2.45, 2.75) is 51.2 Å². The van der Waals surface area contributed by atoms with Gasteiger partial charge in [-0.15, -0.1) is 11.6 Å². The van der Waals surface area contributed by atoms with Gasteiger partial charge in [-0.3, -0.25) is 0 Å². The van der Waals surface area contributed by atoms with E-state index in [0.29, 0.717) is 11.9 Å². The lowest BCUT2D eigenvalue weighted by atomic mass is 9.86. The van der Waals surface area contributed by atoms with E-state index >= 15 is 0 Å². The summed E-state index contributed by atoms with van der Waals surface area (Å²) in [6, 6.07) is 0.591. The molecule has 3 heteroatoms. The fraction of sp³-hybridized carbons (Fsp3) is 0.846. The molecular formula is C13H24ClNO. The molecule has 1 fully saturated rings. The van der Waals surface area contributed by atoms with E-state index < -0.39 is 0 Å². The van der Waals surface area contributed by atoms with Crippen molar-refractivity contribution in [3.63, 3.8) is 0 Å². The Morgan fingerprint density at radius 3 is 2.75 bits per heavy atom. The van der Waals surface area contributed by atoms with Crippen LogP contribution in [0.5, 0.6) is 0 Å². The van der Waals surface area contributed by atoms with Gasteiger partial charge in [0.1, 0.15) is 0 Å². The van der Waals surface area contributed by atoms with E-state index in [1.54, 1.807) is 0 Å². The third-order valence-corrected chi connectivity index (χ3v) is 3.74. The summed E-state index contributed by atoms with van der Waals surface area (Å²) in [6.07, 6.45) is 8.56. The van der Waals surface area contributed by atoms with Crippen LogP contribution in [0.15, 0.2) is 12.2 Å². The van der Waals surface area contributed by atoms with Gasteiger partial charge in [0.05, 0.1) is 5.60 Å². The minimum Gasteiger partial charge on any atom is -0.375 e. The molecule has 1 aliphatic heterocycles. The number of hydrogen-bond acceptors (Lipinski definition) is 2. The first-order valence-corrected chi connectivity index (χ1v) is 6.88. The first kappa shape index (κ1) is 14.0. The third-order valence-electron chi connectivity index (χ3n) is 3.56. The maximum Gasteiger partial charge on any atom is 0.0692 e. The molecule has 0 saturated carbocycles. The minimum atomic E-state index is 0.117. The molecule has 0 aromatic carbocycles. The Hall–Kier alpha value is -0.0500. The maximum atomic E-state index is 5.94. The Bertz CT molecular complexity index is 214. The smallest absolute Gasteiger partial charge is 0.0692 e. The number of allylic oxidation sites excluding steroid dienone is 1. The quantitative estimate of drug-likeness (QED) is 0.574. The lowest BCUT2D eigenvalue weighted by Gasteiger charge is -2.40. The van der Waals surface area contributed by atoms with Crippen LogP contribution in [0.4, 0.5) is 0 Å². The summed E-state index contributed by atoms with van der Waals surface area (Å²) in [4.78, 5) is 0. The summed E-state index contributed by atoms with van der Waals surface area (Å²) in [5, 5.41) is 3.55. The van der Waals surface area contributed by atoms with Crippen molar-refractivity contribution in [3.05, 3.63) is 12.2 Å². The molecule has 1 N–H and O–H groups in total. The Kier molecular flexibility index (Phi) is 6.40. The van der Waals surface area contributed by atoms with E-state index in [1.807, 2.05) is 6.08 Å². The second kappa shape index (κ2) is 7.31. The normalized spacial score (nSPS) is 25.1. The van der Waals surface area contributed by atoms with Crippen molar-refractivity contribution < 1.29 is 4.74 Å². The van der Waals surface area contributed by atoms with Crippen LogP contribution in [0.25, 0.3) is 0 Å². The molecule has 0 aromatic heterocycles. The molecule has 0 spiro atoms. The van der Waals surface area contributed by atoms with Crippen LogP contribution in [0, 0.1) is 0 Å². The van der Waals surface area contributed by atoms with Crippen LogP contribution in [-0.2, 0) is 4.74 Å². The second-order valence-electron chi connectivity index (χ2n) is 4.46. The highest BCUT2D eigenvalue weighted by Gasteiger charge is 2.33. The molecule has 1 rings (SSSR count). The highest BCUT2D eigenvalue weighted by molar-refractivity contribution is 6.18. The predicted octanol–water partition coefficient (Wildman–Crippen LogP) is 3.11. The SMILES string of the molecule is CCC1(CC)CC(NC/C=C/CCl)CCO1. The first-order chi connectivity index (χ1) is 7.76. The fourth-order valence-corrected chi connectivity index (χ4v) is 2.45. The molecule has 1 unspecified atom stereocenters. The van der Waals surface area contributed by atoms with Crippen molar-refractivity contribution in [1.29, 1.82) is 0 Å². The van der Waals surface area contributed by atoms with Gasteiger partial charge >= 0.3 is 0 Å². The third kappa shape index (κ3) is 4.08. The lowest BCUT2D eigenvalue weighted by Crippen LogP contribution is -2.46. The van der Waals surface area contributed by atoms with Gasteiger partial charge in [-0.2, -0.15) is 0 Å². The average Bonchev–Trinajstić information content (AvgIpc) is 2.35. The zero-order chi connectivity index (χ0) is 11.9. The minimum absolute atomic E-state index is 0.117. The van der Waals surface area contributed by atoms with Crippen molar-refractivity contribution in [3.8, 4) is 0 Å². The molecule has 1 aliphatic rings. The summed E-state index contributed by atoms with van der Waals surface area (Å²) in [5.74, 6) is 0.601. The lowest BCUT2D eigenvalue weighted by molar-refractivity contribution is -0.0926. The number of hydrogen-bond donors (Lipinski definition) is 1. The molecule has 94 valence electrons. The fourth-order valence-electron chi connectivity index (χ4n) is 2.33.